The quantitative estimate of drug-likeness (QED) is 0.840. The van der Waals surface area contributed by atoms with Gasteiger partial charge >= 0.3 is 0 Å². The van der Waals surface area contributed by atoms with Crippen molar-refractivity contribution in [3.63, 3.8) is 0 Å². The molecular formula is C15H19N3O2. The third kappa shape index (κ3) is 2.41. The fraction of sp³-hybridized carbons (Fsp3) is 0.467. The van der Waals surface area contributed by atoms with Gasteiger partial charge in [-0.1, -0.05) is 12.1 Å². The molecule has 0 spiro atoms. The molecule has 1 aromatic carbocycles. The molecular weight excluding hydrogens is 254 g/mol. The van der Waals surface area contributed by atoms with E-state index in [2.05, 4.69) is 23.7 Å². The maximum absolute atomic E-state index is 5.77. The molecule has 0 saturated carbocycles. The van der Waals surface area contributed by atoms with Crippen LogP contribution in [-0.2, 0) is 4.74 Å². The summed E-state index contributed by atoms with van der Waals surface area (Å²) < 4.78 is 11.2. The lowest BCUT2D eigenvalue weighted by atomic mass is 10.2. The Bertz CT molecular complexity index is 607. The highest BCUT2D eigenvalue weighted by atomic mass is 16.5. The normalized spacial score (nSPS) is 23.1. The predicted molar refractivity (Wildman–Crippen MR) is 78.3 cm³/mol. The van der Waals surface area contributed by atoms with Crippen LogP contribution in [0.3, 0.4) is 0 Å². The molecule has 0 N–H and O–H groups in total. The van der Waals surface area contributed by atoms with Crippen LogP contribution in [0.15, 0.2) is 24.3 Å². The Balaban J connectivity index is 2.04. The molecule has 3 rings (SSSR count). The number of ether oxygens (including phenoxy) is 2. The zero-order chi connectivity index (χ0) is 14.1. The van der Waals surface area contributed by atoms with E-state index in [9.17, 15) is 0 Å². The molecule has 2 heterocycles. The van der Waals surface area contributed by atoms with Gasteiger partial charge in [-0.05, 0) is 26.0 Å². The number of benzene rings is 1. The number of nitrogens with zero attached hydrogens (tertiary/aromatic N) is 3. The van der Waals surface area contributed by atoms with Crippen molar-refractivity contribution in [2.45, 2.75) is 26.1 Å². The first-order chi connectivity index (χ1) is 9.67. The number of hydrogen-bond acceptors (Lipinski definition) is 5. The summed E-state index contributed by atoms with van der Waals surface area (Å²) in [5, 5.41) is 0. The van der Waals surface area contributed by atoms with Crippen molar-refractivity contribution < 1.29 is 9.47 Å². The first-order valence-corrected chi connectivity index (χ1v) is 6.88. The maximum Gasteiger partial charge on any atom is 0.257 e. The summed E-state index contributed by atoms with van der Waals surface area (Å²) in [6.07, 6.45) is 0.355. The lowest BCUT2D eigenvalue weighted by molar-refractivity contribution is -0.00558. The Morgan fingerprint density at radius 3 is 2.30 bits per heavy atom. The van der Waals surface area contributed by atoms with Crippen molar-refractivity contribution in [1.29, 1.82) is 0 Å². The second kappa shape index (κ2) is 5.25. The number of para-hydroxylation sites is 2. The average molecular weight is 273 g/mol. The van der Waals surface area contributed by atoms with Crippen LogP contribution in [-0.4, -0.2) is 42.4 Å². The largest absolute Gasteiger partial charge is 0.478 e. The second-order valence-corrected chi connectivity index (χ2v) is 5.21. The van der Waals surface area contributed by atoms with Gasteiger partial charge in [-0.25, -0.2) is 9.97 Å². The van der Waals surface area contributed by atoms with Crippen molar-refractivity contribution in [3.05, 3.63) is 24.3 Å². The molecule has 106 valence electrons. The highest BCUT2D eigenvalue weighted by molar-refractivity contribution is 5.77. The molecule has 5 heteroatoms. The highest BCUT2D eigenvalue weighted by Gasteiger charge is 2.26. The summed E-state index contributed by atoms with van der Waals surface area (Å²) in [7, 11) is 1.63. The molecule has 0 aliphatic carbocycles. The van der Waals surface area contributed by atoms with Gasteiger partial charge in [0.15, 0.2) is 5.82 Å². The Morgan fingerprint density at radius 1 is 1.10 bits per heavy atom. The first-order valence-electron chi connectivity index (χ1n) is 6.88. The van der Waals surface area contributed by atoms with Gasteiger partial charge in [0.05, 0.1) is 30.4 Å². The third-order valence-corrected chi connectivity index (χ3v) is 3.43. The van der Waals surface area contributed by atoms with Crippen LogP contribution in [0.2, 0.25) is 0 Å². The number of aromatic nitrogens is 2. The van der Waals surface area contributed by atoms with Crippen molar-refractivity contribution in [3.8, 4) is 5.88 Å². The van der Waals surface area contributed by atoms with E-state index in [1.807, 2.05) is 24.3 Å². The fourth-order valence-electron chi connectivity index (χ4n) is 2.67. The van der Waals surface area contributed by atoms with Crippen molar-refractivity contribution in [2.24, 2.45) is 0 Å². The summed E-state index contributed by atoms with van der Waals surface area (Å²) in [5.74, 6) is 1.37. The SMILES string of the molecule is COc1nc2ccccc2nc1N1C[C@@H](C)O[C@H](C)C1. The minimum Gasteiger partial charge on any atom is -0.478 e. The van der Waals surface area contributed by atoms with Crippen LogP contribution in [0.25, 0.3) is 11.0 Å². The zero-order valence-electron chi connectivity index (χ0n) is 12.0. The second-order valence-electron chi connectivity index (χ2n) is 5.21. The van der Waals surface area contributed by atoms with Crippen molar-refractivity contribution >= 4 is 16.9 Å². The molecule has 5 nitrogen and oxygen atoms in total. The van der Waals surface area contributed by atoms with Gasteiger partial charge in [0.25, 0.3) is 5.88 Å². The number of fused-ring (bicyclic) bond motifs is 1. The number of hydrogen-bond donors (Lipinski definition) is 0. The summed E-state index contributed by atoms with van der Waals surface area (Å²) in [4.78, 5) is 11.5. The standard InChI is InChI=1S/C15H19N3O2/c1-10-8-18(9-11(2)20-10)14-15(19-3)17-13-7-5-4-6-12(13)16-14/h4-7,10-11H,8-9H2,1-3H3/t10-,11-/m1/s1. The van der Waals surface area contributed by atoms with E-state index in [1.165, 1.54) is 0 Å². The number of anilines is 1. The number of morpholine rings is 1. The molecule has 2 aromatic rings. The Hall–Kier alpha value is -1.88. The van der Waals surface area contributed by atoms with Gasteiger partial charge in [-0.15, -0.1) is 0 Å². The minimum absolute atomic E-state index is 0.178. The minimum atomic E-state index is 0.178. The van der Waals surface area contributed by atoms with Crippen LogP contribution in [0.1, 0.15) is 13.8 Å². The molecule has 0 radical (unpaired) electrons. The van der Waals surface area contributed by atoms with Gasteiger partial charge in [-0.2, -0.15) is 0 Å². The van der Waals surface area contributed by atoms with E-state index in [-0.39, 0.29) is 12.2 Å². The summed E-state index contributed by atoms with van der Waals surface area (Å²) >= 11 is 0. The van der Waals surface area contributed by atoms with E-state index < -0.39 is 0 Å². The van der Waals surface area contributed by atoms with E-state index >= 15 is 0 Å². The lowest BCUT2D eigenvalue weighted by Gasteiger charge is -2.36. The van der Waals surface area contributed by atoms with Gasteiger partial charge < -0.3 is 14.4 Å². The topological polar surface area (TPSA) is 47.5 Å². The van der Waals surface area contributed by atoms with Gasteiger partial charge in [-0.3, -0.25) is 0 Å². The van der Waals surface area contributed by atoms with Crippen LogP contribution in [0.5, 0.6) is 5.88 Å². The molecule has 0 amide bonds. The number of methoxy groups -OCH3 is 1. The van der Waals surface area contributed by atoms with Crippen LogP contribution in [0, 0.1) is 0 Å². The van der Waals surface area contributed by atoms with E-state index in [0.717, 1.165) is 29.9 Å². The van der Waals surface area contributed by atoms with Crippen LogP contribution >= 0.6 is 0 Å². The van der Waals surface area contributed by atoms with Gasteiger partial charge in [0, 0.05) is 13.1 Å². The third-order valence-electron chi connectivity index (χ3n) is 3.43. The lowest BCUT2D eigenvalue weighted by Crippen LogP contribution is -2.46. The zero-order valence-corrected chi connectivity index (χ0v) is 12.0. The Kier molecular flexibility index (Phi) is 3.44. The van der Waals surface area contributed by atoms with Crippen LogP contribution < -0.4 is 9.64 Å². The first kappa shape index (κ1) is 13.1. The van der Waals surface area contributed by atoms with E-state index in [0.29, 0.717) is 5.88 Å². The van der Waals surface area contributed by atoms with Gasteiger partial charge in [0.2, 0.25) is 0 Å². The Labute approximate surface area is 118 Å². The molecule has 1 aliphatic heterocycles. The van der Waals surface area contributed by atoms with Crippen molar-refractivity contribution in [2.75, 3.05) is 25.1 Å². The van der Waals surface area contributed by atoms with E-state index in [1.54, 1.807) is 7.11 Å². The number of rotatable bonds is 2. The van der Waals surface area contributed by atoms with Crippen LogP contribution in [0.4, 0.5) is 5.82 Å². The van der Waals surface area contributed by atoms with E-state index in [4.69, 9.17) is 14.5 Å². The smallest absolute Gasteiger partial charge is 0.257 e. The highest BCUT2D eigenvalue weighted by Crippen LogP contribution is 2.28. The molecule has 20 heavy (non-hydrogen) atoms. The predicted octanol–water partition coefficient (Wildman–Crippen LogP) is 2.25. The monoisotopic (exact) mass is 273 g/mol. The Morgan fingerprint density at radius 2 is 1.70 bits per heavy atom. The summed E-state index contributed by atoms with van der Waals surface area (Å²) in [6.45, 7) is 5.74. The molecule has 1 saturated heterocycles. The van der Waals surface area contributed by atoms with Crippen molar-refractivity contribution in [1.82, 2.24) is 9.97 Å². The molecule has 1 aromatic heterocycles. The molecule has 0 bridgehead atoms. The van der Waals surface area contributed by atoms with Gasteiger partial charge in [0.1, 0.15) is 0 Å². The molecule has 2 atom stereocenters. The summed E-state index contributed by atoms with van der Waals surface area (Å²) in [6, 6.07) is 7.84. The molecule has 0 unspecified atom stereocenters. The molecule has 1 aliphatic rings. The molecule has 1 fully saturated rings. The summed E-state index contributed by atoms with van der Waals surface area (Å²) in [5.41, 5.74) is 1.73. The average Bonchev–Trinajstić information content (AvgIpc) is 2.44. The maximum atomic E-state index is 5.77. The fourth-order valence-corrected chi connectivity index (χ4v) is 2.67.